The molecule has 0 aromatic rings. The molecule has 46 heavy (non-hydrogen) atoms. The molecule has 0 heterocycles. The highest BCUT2D eigenvalue weighted by atomic mass is 16.4. The Morgan fingerprint density at radius 3 is 0.609 bits per heavy atom. The smallest absolute Gasteiger partial charge is 0.303 e. The van der Waals surface area contributed by atoms with E-state index in [-0.39, 0.29) is 26.4 Å². The fourth-order valence-electron chi connectivity index (χ4n) is 2.91. The first-order valence-electron chi connectivity index (χ1n) is 17.2. The zero-order chi connectivity index (χ0) is 36.7. The van der Waals surface area contributed by atoms with E-state index in [9.17, 15) is 19.2 Å². The molecule has 12 nitrogen and oxygen atoms in total. The second-order valence-corrected chi connectivity index (χ2v) is 10.4. The summed E-state index contributed by atoms with van der Waals surface area (Å²) in [4.78, 5) is 39.5. The number of aliphatic hydroxyl groups excluding tert-OH is 4. The third kappa shape index (κ3) is 105. The normalized spacial score (nSPS) is 9.22. The third-order valence-electron chi connectivity index (χ3n) is 5.61. The number of aliphatic hydroxyl groups is 4. The van der Waals surface area contributed by atoms with Crippen molar-refractivity contribution < 1.29 is 60.0 Å². The van der Waals surface area contributed by atoms with Gasteiger partial charge >= 0.3 is 23.9 Å². The van der Waals surface area contributed by atoms with Gasteiger partial charge in [0, 0.05) is 52.1 Å². The van der Waals surface area contributed by atoms with Crippen LogP contribution < -0.4 is 0 Å². The van der Waals surface area contributed by atoms with Crippen molar-refractivity contribution >= 4 is 23.9 Å². The molecule has 8 N–H and O–H groups in total. The van der Waals surface area contributed by atoms with Crippen LogP contribution in [0.2, 0.25) is 0 Å². The lowest BCUT2D eigenvalue weighted by Crippen LogP contribution is -1.92. The highest BCUT2D eigenvalue weighted by molar-refractivity contribution is 5.67. The number of aliphatic carboxylic acids is 4. The van der Waals surface area contributed by atoms with Crippen LogP contribution in [0.25, 0.3) is 0 Å². The van der Waals surface area contributed by atoms with Crippen molar-refractivity contribution in [2.45, 2.75) is 169 Å². The summed E-state index contributed by atoms with van der Waals surface area (Å²) < 4.78 is 0. The van der Waals surface area contributed by atoms with Crippen LogP contribution in [0.3, 0.4) is 0 Å². The Balaban J connectivity index is -0.000000105. The Morgan fingerprint density at radius 1 is 0.304 bits per heavy atom. The average Bonchev–Trinajstić information content (AvgIpc) is 3.00. The molecule has 0 aliphatic heterocycles. The lowest BCUT2D eigenvalue weighted by Gasteiger charge is -1.93. The van der Waals surface area contributed by atoms with E-state index in [1.807, 2.05) is 0 Å². The highest BCUT2D eigenvalue weighted by Gasteiger charge is 1.95. The van der Waals surface area contributed by atoms with Gasteiger partial charge in [0.1, 0.15) is 0 Å². The largest absolute Gasteiger partial charge is 0.481 e. The van der Waals surface area contributed by atoms with Crippen LogP contribution in [0.4, 0.5) is 0 Å². The fraction of sp³-hybridized carbons (Fsp3) is 0.882. The van der Waals surface area contributed by atoms with E-state index >= 15 is 0 Å². The molecule has 0 saturated heterocycles. The lowest BCUT2D eigenvalue weighted by molar-refractivity contribution is -0.138. The predicted octanol–water partition coefficient (Wildman–Crippen LogP) is 6.89. The first kappa shape index (κ1) is 56.1. The van der Waals surface area contributed by atoms with Crippen molar-refractivity contribution in [3.05, 3.63) is 0 Å². The maximum absolute atomic E-state index is 9.87. The number of hydrogen-bond acceptors (Lipinski definition) is 8. The van der Waals surface area contributed by atoms with Gasteiger partial charge in [-0.1, -0.05) is 91.9 Å². The summed E-state index contributed by atoms with van der Waals surface area (Å²) in [5.41, 5.74) is 0. The van der Waals surface area contributed by atoms with Crippen LogP contribution in [-0.4, -0.2) is 91.2 Å². The topological polar surface area (TPSA) is 230 Å². The van der Waals surface area contributed by atoms with E-state index in [2.05, 4.69) is 27.7 Å². The molecule has 0 bridgehead atoms. The Kier molecular flexibility index (Phi) is 71.0. The molecule has 0 radical (unpaired) electrons. The molecule has 0 atom stereocenters. The summed E-state index contributed by atoms with van der Waals surface area (Å²) in [5, 5.41) is 65.3. The molecule has 0 spiro atoms. The first-order valence-corrected chi connectivity index (χ1v) is 17.2. The number of carbonyl (C=O) groups is 4. The third-order valence-corrected chi connectivity index (χ3v) is 5.61. The Hall–Kier alpha value is -2.28. The van der Waals surface area contributed by atoms with Gasteiger partial charge in [-0.05, 0) is 51.4 Å². The summed E-state index contributed by atoms with van der Waals surface area (Å²) in [6.07, 6.45) is 18.4. The molecular weight excluding hydrogens is 600 g/mol. The van der Waals surface area contributed by atoms with Gasteiger partial charge < -0.3 is 40.9 Å². The van der Waals surface area contributed by atoms with E-state index in [0.717, 1.165) is 116 Å². The summed E-state index contributed by atoms with van der Waals surface area (Å²) in [6, 6.07) is 0. The molecule has 0 aliphatic carbocycles. The van der Waals surface area contributed by atoms with E-state index in [4.69, 9.17) is 40.9 Å². The Labute approximate surface area is 279 Å². The van der Waals surface area contributed by atoms with E-state index in [0.29, 0.717) is 25.7 Å². The van der Waals surface area contributed by atoms with Gasteiger partial charge in [0.25, 0.3) is 0 Å². The molecule has 0 aromatic carbocycles. The second kappa shape index (κ2) is 58.3. The van der Waals surface area contributed by atoms with Gasteiger partial charge in [-0.2, -0.15) is 0 Å². The minimum atomic E-state index is -0.682. The number of unbranched alkanes of at least 4 members (excludes halogenated alkanes) is 12. The van der Waals surface area contributed by atoms with Crippen molar-refractivity contribution in [3.8, 4) is 0 Å². The van der Waals surface area contributed by atoms with Crippen LogP contribution in [0, 0.1) is 0 Å². The quantitative estimate of drug-likeness (QED) is 0.0490. The fourth-order valence-corrected chi connectivity index (χ4v) is 2.91. The molecule has 0 aromatic heterocycles. The number of rotatable bonds is 24. The minimum Gasteiger partial charge on any atom is -0.481 e. The molecule has 0 unspecified atom stereocenters. The van der Waals surface area contributed by atoms with Crippen LogP contribution in [-0.2, 0) is 19.2 Å². The van der Waals surface area contributed by atoms with Crippen molar-refractivity contribution in [2.24, 2.45) is 0 Å². The Morgan fingerprint density at radius 2 is 0.478 bits per heavy atom. The molecule has 0 rings (SSSR count). The molecule has 12 heteroatoms. The molecule has 0 amide bonds. The monoisotopic (exact) mass is 673 g/mol. The van der Waals surface area contributed by atoms with Crippen molar-refractivity contribution in [3.63, 3.8) is 0 Å². The van der Waals surface area contributed by atoms with Crippen molar-refractivity contribution in [1.82, 2.24) is 0 Å². The number of carboxylic acids is 4. The molecule has 280 valence electrons. The van der Waals surface area contributed by atoms with Gasteiger partial charge in [-0.25, -0.2) is 0 Å². The molecule has 0 saturated carbocycles. The highest BCUT2D eigenvalue weighted by Crippen LogP contribution is 1.99. The van der Waals surface area contributed by atoms with Crippen LogP contribution in [0.15, 0.2) is 0 Å². The average molecular weight is 673 g/mol. The van der Waals surface area contributed by atoms with Gasteiger partial charge in [0.15, 0.2) is 0 Å². The molecule has 0 fully saturated rings. The van der Waals surface area contributed by atoms with E-state index in [1.54, 1.807) is 0 Å². The second-order valence-electron chi connectivity index (χ2n) is 10.4. The maximum atomic E-state index is 9.87. The van der Waals surface area contributed by atoms with Crippen LogP contribution >= 0.6 is 0 Å². The standard InChI is InChI=1S/4C6H12O2.C6H14O2.C4H10O2/c4*1-2-3-4-5-6(7)8;7-5-3-1-2-4-6-8;5-3-1-2-4-6/h4*2-5H2,1H3,(H,7,8);7-8H,1-6H2;5-6H,1-4H2. The van der Waals surface area contributed by atoms with Gasteiger partial charge in [-0.15, -0.1) is 0 Å². The van der Waals surface area contributed by atoms with Crippen LogP contribution in [0.5, 0.6) is 0 Å². The molecular formula is C34H72O12. The van der Waals surface area contributed by atoms with Gasteiger partial charge in [-0.3, -0.25) is 19.2 Å². The van der Waals surface area contributed by atoms with Crippen LogP contribution in [0.1, 0.15) is 169 Å². The summed E-state index contributed by atoms with van der Waals surface area (Å²) in [6.45, 7) is 9.19. The van der Waals surface area contributed by atoms with E-state index in [1.165, 1.54) is 0 Å². The van der Waals surface area contributed by atoms with Gasteiger partial charge in [0.05, 0.1) is 0 Å². The maximum Gasteiger partial charge on any atom is 0.303 e. The van der Waals surface area contributed by atoms with Gasteiger partial charge in [0.2, 0.25) is 0 Å². The number of hydrogen-bond donors (Lipinski definition) is 8. The summed E-state index contributed by atoms with van der Waals surface area (Å²) in [5.74, 6) is -2.73. The molecule has 0 aliphatic rings. The lowest BCUT2D eigenvalue weighted by atomic mass is 10.2. The summed E-state index contributed by atoms with van der Waals surface area (Å²) in [7, 11) is 0. The van der Waals surface area contributed by atoms with Crippen molar-refractivity contribution in [2.75, 3.05) is 26.4 Å². The Bertz CT molecular complexity index is 496. The predicted molar refractivity (Wildman–Crippen MR) is 183 cm³/mol. The SMILES string of the molecule is CCCCCC(=O)O.CCCCCC(=O)O.CCCCCC(=O)O.CCCCCC(=O)O.OCCCCCCO.OCCCCO. The summed E-state index contributed by atoms with van der Waals surface area (Å²) >= 11 is 0. The van der Waals surface area contributed by atoms with Crippen molar-refractivity contribution in [1.29, 1.82) is 0 Å². The van der Waals surface area contributed by atoms with E-state index < -0.39 is 23.9 Å². The first-order chi connectivity index (χ1) is 21.9. The minimum absolute atomic E-state index is 0.195. The number of carboxylic acid groups (broad SMARTS) is 4. The zero-order valence-corrected chi connectivity index (χ0v) is 29.6. The zero-order valence-electron chi connectivity index (χ0n) is 29.6.